The lowest BCUT2D eigenvalue weighted by Crippen LogP contribution is -2.30. The van der Waals surface area contributed by atoms with E-state index in [0.717, 1.165) is 33.3 Å². The maximum atomic E-state index is 10.6. The monoisotopic (exact) mass is 768 g/mol. The van der Waals surface area contributed by atoms with Gasteiger partial charge in [-0.1, -0.05) is 35.3 Å². The first-order valence-electron chi connectivity index (χ1n) is 13.0. The molecule has 0 saturated carbocycles. The van der Waals surface area contributed by atoms with Crippen molar-refractivity contribution < 1.29 is 74.0 Å². The van der Waals surface area contributed by atoms with Gasteiger partial charge in [-0.25, -0.2) is 14.4 Å². The van der Waals surface area contributed by atoms with Crippen LogP contribution in [0.5, 0.6) is 5.75 Å². The molecule has 1 atom stereocenters. The number of benzene rings is 2. The number of aliphatic carboxylic acids is 3. The number of aromatic nitrogens is 3. The van der Waals surface area contributed by atoms with Gasteiger partial charge in [-0.3, -0.25) is 10.1 Å². The van der Waals surface area contributed by atoms with E-state index in [9.17, 15) is 39.5 Å². The Balaban J connectivity index is 0.000000486. The maximum Gasteiger partial charge on any atom is 0.490 e. The summed E-state index contributed by atoms with van der Waals surface area (Å²) in [4.78, 5) is 31.0. The summed E-state index contributed by atoms with van der Waals surface area (Å²) in [5, 5.41) is 30.8. The Bertz CT molecular complexity index is 1710. The van der Waals surface area contributed by atoms with E-state index in [1.54, 1.807) is 12.3 Å². The lowest BCUT2D eigenvalue weighted by molar-refractivity contribution is -0.193. The second-order valence-corrected chi connectivity index (χ2v) is 10.2. The van der Waals surface area contributed by atoms with E-state index < -0.39 is 36.4 Å². The van der Waals surface area contributed by atoms with Crippen molar-refractivity contribution >= 4 is 52.0 Å². The molecule has 0 saturated heterocycles. The number of hydrogen-bond acceptors (Lipinski definition) is 7. The summed E-state index contributed by atoms with van der Waals surface area (Å²) >= 11 is 12.0. The number of halogens is 11. The molecule has 0 fully saturated rings. The fourth-order valence-electron chi connectivity index (χ4n) is 3.20. The van der Waals surface area contributed by atoms with Crippen molar-refractivity contribution in [3.8, 4) is 16.9 Å². The molecule has 0 aliphatic heterocycles. The van der Waals surface area contributed by atoms with Crippen molar-refractivity contribution in [3.63, 3.8) is 0 Å². The van der Waals surface area contributed by atoms with Gasteiger partial charge in [-0.2, -0.15) is 44.6 Å². The van der Waals surface area contributed by atoms with E-state index in [2.05, 4.69) is 21.2 Å². The van der Waals surface area contributed by atoms with Crippen LogP contribution in [-0.2, 0) is 20.8 Å². The molecule has 4 rings (SSSR count). The third-order valence-corrected chi connectivity index (χ3v) is 6.20. The molecule has 274 valence electrons. The number of nitrogens with one attached hydrogen (secondary N) is 1. The van der Waals surface area contributed by atoms with Crippen LogP contribution in [0.1, 0.15) is 11.3 Å². The van der Waals surface area contributed by atoms with Gasteiger partial charge in [0.1, 0.15) is 12.4 Å². The summed E-state index contributed by atoms with van der Waals surface area (Å²) in [5.74, 6) is -7.59. The van der Waals surface area contributed by atoms with E-state index in [1.807, 2.05) is 43.5 Å². The lowest BCUT2D eigenvalue weighted by Gasteiger charge is -2.14. The Morgan fingerprint density at radius 3 is 1.80 bits per heavy atom. The number of hydrogen-bond donors (Lipinski definition) is 5. The number of aromatic amines is 1. The lowest BCUT2D eigenvalue weighted by atomic mass is 10.0. The van der Waals surface area contributed by atoms with E-state index in [0.29, 0.717) is 28.8 Å². The van der Waals surface area contributed by atoms with Crippen molar-refractivity contribution in [2.45, 2.75) is 37.9 Å². The summed E-state index contributed by atoms with van der Waals surface area (Å²) in [6, 6.07) is 13.4. The minimum Gasteiger partial charge on any atom is -0.490 e. The standard InChI is InChI=1S/C22H20Cl2N4O.3C2HF3O2/c1-13-19-9-15(3-5-22(19)28-27-13)16-8-18(11-26-10-16)29-12-17(25)6-14-2-4-20(23)21(24)7-14;3*3-2(4,5)1(6)7/h2-5,7-11,17H,6,12,25H2,1H3,(H,27,28);3*(H,6,7)/t17-;;;/m0.../s1. The Labute approximate surface area is 284 Å². The number of alkyl halides is 9. The molecule has 0 unspecified atom stereocenters. The second-order valence-electron chi connectivity index (χ2n) is 9.42. The average molecular weight is 769 g/mol. The zero-order valence-corrected chi connectivity index (χ0v) is 26.3. The SMILES string of the molecule is Cc1[nH]nc2ccc(-c3cncc(OC[C@@H](N)Cc4ccc(Cl)c(Cl)c4)c3)cc12.O=C(O)C(F)(F)F.O=C(O)C(F)(F)F.O=C(O)C(F)(F)F. The summed E-state index contributed by atoms with van der Waals surface area (Å²) in [7, 11) is 0. The first-order valence-corrected chi connectivity index (χ1v) is 13.7. The van der Waals surface area contributed by atoms with Crippen LogP contribution in [0.4, 0.5) is 39.5 Å². The minimum atomic E-state index is -5.08. The van der Waals surface area contributed by atoms with Gasteiger partial charge >= 0.3 is 36.4 Å². The Kier molecular flexibility index (Phi) is 15.8. The zero-order valence-electron chi connectivity index (χ0n) is 24.8. The first-order chi connectivity index (χ1) is 22.8. The highest BCUT2D eigenvalue weighted by Gasteiger charge is 2.39. The molecule has 2 aromatic heterocycles. The number of ether oxygens (including phenoxy) is 1. The molecule has 2 heterocycles. The highest BCUT2D eigenvalue weighted by Crippen LogP contribution is 2.27. The first kappa shape index (κ1) is 43.2. The van der Waals surface area contributed by atoms with Crippen LogP contribution < -0.4 is 10.5 Å². The number of nitrogens with zero attached hydrogens (tertiary/aromatic N) is 2. The molecule has 0 amide bonds. The van der Waals surface area contributed by atoms with E-state index in [-0.39, 0.29) is 6.04 Å². The van der Waals surface area contributed by atoms with Crippen LogP contribution >= 0.6 is 23.2 Å². The fourth-order valence-corrected chi connectivity index (χ4v) is 3.53. The van der Waals surface area contributed by atoms with Crippen molar-refractivity contribution in [1.82, 2.24) is 15.2 Å². The third-order valence-electron chi connectivity index (χ3n) is 5.46. The summed E-state index contributed by atoms with van der Waals surface area (Å²) in [5.41, 5.74) is 11.3. The fraction of sp³-hybridized carbons (Fsp3) is 0.250. The van der Waals surface area contributed by atoms with Gasteiger partial charge in [0.05, 0.1) is 21.8 Å². The van der Waals surface area contributed by atoms with Crippen molar-refractivity contribution in [1.29, 1.82) is 0 Å². The van der Waals surface area contributed by atoms with Crippen LogP contribution in [0, 0.1) is 6.92 Å². The van der Waals surface area contributed by atoms with Gasteiger partial charge in [0, 0.05) is 28.9 Å². The molecule has 2 aromatic carbocycles. The predicted molar refractivity (Wildman–Crippen MR) is 159 cm³/mol. The largest absolute Gasteiger partial charge is 0.490 e. The number of pyridine rings is 1. The number of carbonyl (C=O) groups is 3. The van der Waals surface area contributed by atoms with Gasteiger partial charge in [-0.05, 0) is 54.8 Å². The number of carboxylic acid groups (broad SMARTS) is 3. The van der Waals surface area contributed by atoms with E-state index >= 15 is 0 Å². The van der Waals surface area contributed by atoms with Crippen LogP contribution in [0.25, 0.3) is 22.0 Å². The van der Waals surface area contributed by atoms with Crippen molar-refractivity contribution in [2.75, 3.05) is 6.61 Å². The van der Waals surface area contributed by atoms with Crippen molar-refractivity contribution in [2.24, 2.45) is 5.73 Å². The third kappa shape index (κ3) is 15.2. The molecule has 0 aliphatic carbocycles. The summed E-state index contributed by atoms with van der Waals surface area (Å²) in [6.07, 6.45) is -11.1. The highest BCUT2D eigenvalue weighted by molar-refractivity contribution is 6.42. The summed E-state index contributed by atoms with van der Waals surface area (Å²) in [6.45, 7) is 2.37. The number of nitrogens with two attached hydrogens (primary N) is 1. The molecule has 50 heavy (non-hydrogen) atoms. The van der Waals surface area contributed by atoms with Gasteiger partial charge in [0.2, 0.25) is 0 Å². The second kappa shape index (κ2) is 18.3. The zero-order chi connectivity index (χ0) is 38.6. The molecule has 6 N–H and O–H groups in total. The number of rotatable bonds is 6. The smallest absolute Gasteiger partial charge is 0.490 e. The average Bonchev–Trinajstić information content (AvgIpc) is 3.37. The van der Waals surface area contributed by atoms with Crippen LogP contribution in [0.15, 0.2) is 54.9 Å². The number of aryl methyl sites for hydroxylation is 1. The molecule has 4 aromatic rings. The molecule has 0 spiro atoms. The highest BCUT2D eigenvalue weighted by atomic mass is 35.5. The van der Waals surface area contributed by atoms with Gasteiger partial charge < -0.3 is 25.8 Å². The predicted octanol–water partition coefficient (Wildman–Crippen LogP) is 7.09. The van der Waals surface area contributed by atoms with Gasteiger partial charge in [0.15, 0.2) is 0 Å². The Morgan fingerprint density at radius 1 is 0.800 bits per heavy atom. The molecular weight excluding hydrogens is 746 g/mol. The van der Waals surface area contributed by atoms with Gasteiger partial charge in [0.25, 0.3) is 0 Å². The van der Waals surface area contributed by atoms with Crippen LogP contribution in [-0.4, -0.2) is 79.6 Å². The number of fused-ring (bicyclic) bond motifs is 1. The Morgan fingerprint density at radius 2 is 1.32 bits per heavy atom. The number of H-pyrrole nitrogens is 1. The van der Waals surface area contributed by atoms with Gasteiger partial charge in [-0.15, -0.1) is 0 Å². The molecule has 22 heteroatoms. The van der Waals surface area contributed by atoms with Crippen LogP contribution in [0.2, 0.25) is 10.0 Å². The molecule has 0 aliphatic rings. The normalized spacial score (nSPS) is 11.9. The van der Waals surface area contributed by atoms with Crippen LogP contribution in [0.3, 0.4) is 0 Å². The Hall–Kier alpha value is -4.82. The topological polar surface area (TPSA) is 189 Å². The number of carboxylic acids is 3. The molecular formula is C28H23Cl2F9N4O7. The van der Waals surface area contributed by atoms with E-state index in [1.165, 1.54) is 0 Å². The quantitative estimate of drug-likeness (QED) is 0.127. The maximum absolute atomic E-state index is 10.6. The van der Waals surface area contributed by atoms with Crippen molar-refractivity contribution in [3.05, 3.63) is 76.2 Å². The minimum absolute atomic E-state index is 0.180. The molecule has 11 nitrogen and oxygen atoms in total. The summed E-state index contributed by atoms with van der Waals surface area (Å²) < 4.78 is 101. The molecule has 0 radical (unpaired) electrons. The van der Waals surface area contributed by atoms with E-state index in [4.69, 9.17) is 63.4 Å². The molecule has 0 bridgehead atoms.